The van der Waals surface area contributed by atoms with Crippen LogP contribution < -0.4 is 15.6 Å². The Bertz CT molecular complexity index is 1250. The molecule has 5 rings (SSSR count). The molecule has 200 valence electrons. The predicted molar refractivity (Wildman–Crippen MR) is 151 cm³/mol. The van der Waals surface area contributed by atoms with Gasteiger partial charge in [0.05, 0.1) is 5.69 Å². The molecule has 0 radical (unpaired) electrons. The summed E-state index contributed by atoms with van der Waals surface area (Å²) in [6, 6.07) is 7.95. The number of nitrogens with zero attached hydrogens (tertiary/aromatic N) is 3. The molecule has 1 unspecified atom stereocenters. The number of anilines is 1. The highest BCUT2D eigenvalue weighted by Crippen LogP contribution is 2.35. The summed E-state index contributed by atoms with van der Waals surface area (Å²) in [5.41, 5.74) is 6.54. The molecule has 0 amide bonds. The molecular weight excluding hydrogens is 464 g/mol. The molecule has 2 aliphatic rings. The lowest BCUT2D eigenvalue weighted by molar-refractivity contribution is -0.0428. The first-order valence-corrected chi connectivity index (χ1v) is 13.7. The number of hydrogen-bond acceptors (Lipinski definition) is 6. The van der Waals surface area contributed by atoms with Gasteiger partial charge in [-0.2, -0.15) is 5.10 Å². The molecular formula is C30H42N4O3. The molecule has 2 aromatic heterocycles. The Hall–Kier alpha value is -3.19. The predicted octanol–water partition coefficient (Wildman–Crippen LogP) is 7.13. The third-order valence-electron chi connectivity index (χ3n) is 6.57. The van der Waals surface area contributed by atoms with Crippen LogP contribution in [0.15, 0.2) is 35.3 Å². The summed E-state index contributed by atoms with van der Waals surface area (Å²) in [6.45, 7) is 15.5. The number of hydrogen-bond donors (Lipinski definition) is 1. The van der Waals surface area contributed by atoms with Gasteiger partial charge in [-0.3, -0.25) is 4.79 Å². The van der Waals surface area contributed by atoms with Gasteiger partial charge >= 0.3 is 0 Å². The summed E-state index contributed by atoms with van der Waals surface area (Å²) in [4.78, 5) is 17.6. The fraction of sp³-hybridized carbons (Fsp3) is 0.500. The lowest BCUT2D eigenvalue weighted by atomic mass is 9.96. The van der Waals surface area contributed by atoms with Gasteiger partial charge in [0.25, 0.3) is 5.56 Å². The van der Waals surface area contributed by atoms with E-state index in [0.29, 0.717) is 18.1 Å². The van der Waals surface area contributed by atoms with Crippen molar-refractivity contribution in [2.75, 3.05) is 18.5 Å². The van der Waals surface area contributed by atoms with Gasteiger partial charge < -0.3 is 14.8 Å². The van der Waals surface area contributed by atoms with E-state index in [0.717, 1.165) is 78.0 Å². The van der Waals surface area contributed by atoms with Crippen molar-refractivity contribution in [3.05, 3.63) is 63.2 Å². The van der Waals surface area contributed by atoms with Gasteiger partial charge in [0.1, 0.15) is 5.75 Å². The maximum atomic E-state index is 13.2. The molecule has 7 heteroatoms. The zero-order chi connectivity index (χ0) is 26.9. The SMILES string of the molecule is CC.CC.Cc1cc(Oc2nccc3c2CCCN3)ccc1-c1c(C)nn(C2CCCCO2)c(=O)c1C. The average molecular weight is 507 g/mol. The van der Waals surface area contributed by atoms with Gasteiger partial charge in [0.2, 0.25) is 5.88 Å². The minimum absolute atomic E-state index is 0.0881. The molecule has 1 atom stereocenters. The number of benzene rings is 1. The number of ether oxygens (including phenoxy) is 2. The van der Waals surface area contributed by atoms with E-state index in [4.69, 9.17) is 9.47 Å². The molecule has 37 heavy (non-hydrogen) atoms. The van der Waals surface area contributed by atoms with E-state index in [9.17, 15) is 4.79 Å². The number of fused-ring (bicyclic) bond motifs is 1. The van der Waals surface area contributed by atoms with Crippen molar-refractivity contribution in [1.29, 1.82) is 0 Å². The van der Waals surface area contributed by atoms with Crippen molar-refractivity contribution < 1.29 is 9.47 Å². The molecule has 3 aromatic rings. The quantitative estimate of drug-likeness (QED) is 0.405. The number of aromatic nitrogens is 3. The third-order valence-corrected chi connectivity index (χ3v) is 6.57. The molecule has 0 aliphatic carbocycles. The zero-order valence-electron chi connectivity index (χ0n) is 23.5. The largest absolute Gasteiger partial charge is 0.439 e. The van der Waals surface area contributed by atoms with Gasteiger partial charge in [-0.05, 0) is 82.2 Å². The van der Waals surface area contributed by atoms with Crippen molar-refractivity contribution in [3.8, 4) is 22.8 Å². The smallest absolute Gasteiger partial charge is 0.272 e. The molecule has 1 aromatic carbocycles. The van der Waals surface area contributed by atoms with Gasteiger partial charge in [0.15, 0.2) is 6.23 Å². The Morgan fingerprint density at radius 1 is 1.05 bits per heavy atom. The van der Waals surface area contributed by atoms with Crippen molar-refractivity contribution in [3.63, 3.8) is 0 Å². The number of pyridine rings is 1. The third kappa shape index (κ3) is 6.21. The van der Waals surface area contributed by atoms with Crippen molar-refractivity contribution in [2.45, 2.75) is 86.8 Å². The van der Waals surface area contributed by atoms with E-state index in [2.05, 4.69) is 15.4 Å². The summed E-state index contributed by atoms with van der Waals surface area (Å²) in [6.07, 6.45) is 6.43. The van der Waals surface area contributed by atoms with Crippen LogP contribution in [0.4, 0.5) is 5.69 Å². The molecule has 1 saturated heterocycles. The first-order valence-electron chi connectivity index (χ1n) is 13.7. The molecule has 2 aliphatic heterocycles. The first kappa shape index (κ1) is 28.4. The Balaban J connectivity index is 0.000000907. The normalized spacial score (nSPS) is 16.2. The highest BCUT2D eigenvalue weighted by Gasteiger charge is 2.23. The summed E-state index contributed by atoms with van der Waals surface area (Å²) >= 11 is 0. The highest BCUT2D eigenvalue weighted by atomic mass is 16.5. The van der Waals surface area contributed by atoms with Crippen LogP contribution in [0.2, 0.25) is 0 Å². The van der Waals surface area contributed by atoms with Crippen molar-refractivity contribution in [1.82, 2.24) is 14.8 Å². The van der Waals surface area contributed by atoms with Crippen LogP contribution in [-0.4, -0.2) is 27.9 Å². The van der Waals surface area contributed by atoms with Crippen LogP contribution in [0.5, 0.6) is 11.6 Å². The standard InChI is InChI=1S/C26H30N4O3.2C2H6/c1-16-15-19(33-25-21-7-6-12-27-22(21)11-13-28-25)9-10-20(16)24-17(2)26(31)30(29-18(24)3)23-8-4-5-14-32-23;2*1-2/h9-11,13,15,23,27H,4-8,12,14H2,1-3H3;2*1-2H3. The maximum Gasteiger partial charge on any atom is 0.272 e. The second-order valence-corrected chi connectivity index (χ2v) is 8.91. The Morgan fingerprint density at radius 3 is 2.54 bits per heavy atom. The fourth-order valence-electron chi connectivity index (χ4n) is 4.86. The lowest BCUT2D eigenvalue weighted by Gasteiger charge is -2.25. The van der Waals surface area contributed by atoms with Crippen LogP contribution in [0.3, 0.4) is 0 Å². The van der Waals surface area contributed by atoms with Crippen molar-refractivity contribution in [2.24, 2.45) is 0 Å². The first-order chi connectivity index (χ1) is 18.0. The maximum absolute atomic E-state index is 13.2. The van der Waals surface area contributed by atoms with Crippen LogP contribution in [0.25, 0.3) is 11.1 Å². The Kier molecular flexibility index (Phi) is 10.3. The van der Waals surface area contributed by atoms with E-state index in [-0.39, 0.29) is 11.8 Å². The topological polar surface area (TPSA) is 78.3 Å². The minimum atomic E-state index is -0.270. The van der Waals surface area contributed by atoms with Gasteiger partial charge in [-0.15, -0.1) is 0 Å². The van der Waals surface area contributed by atoms with E-state index in [1.165, 1.54) is 4.68 Å². The number of aryl methyl sites for hydroxylation is 2. The molecule has 0 saturated carbocycles. The summed E-state index contributed by atoms with van der Waals surface area (Å²) in [7, 11) is 0. The van der Waals surface area contributed by atoms with E-state index >= 15 is 0 Å². The summed E-state index contributed by atoms with van der Waals surface area (Å²) in [5, 5.41) is 8.05. The Morgan fingerprint density at radius 2 is 1.84 bits per heavy atom. The summed E-state index contributed by atoms with van der Waals surface area (Å²) in [5.74, 6) is 1.38. The van der Waals surface area contributed by atoms with Crippen LogP contribution in [0, 0.1) is 20.8 Å². The number of nitrogens with one attached hydrogen (secondary N) is 1. The van der Waals surface area contributed by atoms with E-state index < -0.39 is 0 Å². The van der Waals surface area contributed by atoms with E-state index in [1.807, 2.05) is 72.7 Å². The second-order valence-electron chi connectivity index (χ2n) is 8.91. The molecule has 4 heterocycles. The second kappa shape index (κ2) is 13.4. The van der Waals surface area contributed by atoms with Crippen LogP contribution >= 0.6 is 0 Å². The van der Waals surface area contributed by atoms with Gasteiger partial charge in [-0.1, -0.05) is 33.8 Å². The van der Waals surface area contributed by atoms with Crippen LogP contribution in [0.1, 0.15) is 82.0 Å². The molecule has 7 nitrogen and oxygen atoms in total. The molecule has 0 spiro atoms. The molecule has 0 bridgehead atoms. The zero-order valence-corrected chi connectivity index (χ0v) is 23.5. The highest BCUT2D eigenvalue weighted by molar-refractivity contribution is 5.72. The van der Waals surface area contributed by atoms with Gasteiger partial charge in [-0.25, -0.2) is 9.67 Å². The van der Waals surface area contributed by atoms with Gasteiger partial charge in [0, 0.05) is 41.7 Å². The monoisotopic (exact) mass is 506 g/mol. The minimum Gasteiger partial charge on any atom is -0.439 e. The average Bonchev–Trinajstić information content (AvgIpc) is 2.95. The van der Waals surface area contributed by atoms with Crippen molar-refractivity contribution >= 4 is 5.69 Å². The van der Waals surface area contributed by atoms with E-state index in [1.54, 1.807) is 6.20 Å². The Labute approximate surface area is 221 Å². The molecule has 1 fully saturated rings. The number of rotatable bonds is 4. The fourth-order valence-corrected chi connectivity index (χ4v) is 4.86. The lowest BCUT2D eigenvalue weighted by Crippen LogP contribution is -2.33. The van der Waals surface area contributed by atoms with Crippen LogP contribution in [-0.2, 0) is 11.2 Å². The molecule has 1 N–H and O–H groups in total. The summed E-state index contributed by atoms with van der Waals surface area (Å²) < 4.78 is 13.5.